The molecule has 0 aliphatic heterocycles. The third-order valence-electron chi connectivity index (χ3n) is 1.40. The van der Waals surface area contributed by atoms with Crippen molar-refractivity contribution in [2.24, 2.45) is 10.7 Å². The van der Waals surface area contributed by atoms with Crippen LogP contribution in [0.4, 0.5) is 0 Å². The summed E-state index contributed by atoms with van der Waals surface area (Å²) in [6, 6.07) is 9.27. The SMILES string of the molecule is NCN=C(NO)c1ccccc1. The summed E-state index contributed by atoms with van der Waals surface area (Å²) in [4.78, 5) is 3.85. The zero-order chi connectivity index (χ0) is 8.81. The molecule has 0 saturated carbocycles. The van der Waals surface area contributed by atoms with E-state index < -0.39 is 0 Å². The predicted octanol–water partition coefficient (Wildman–Crippen LogP) is 0.328. The van der Waals surface area contributed by atoms with Crippen LogP contribution in [0.5, 0.6) is 0 Å². The van der Waals surface area contributed by atoms with Gasteiger partial charge in [-0.1, -0.05) is 30.3 Å². The lowest BCUT2D eigenvalue weighted by atomic mass is 10.2. The van der Waals surface area contributed by atoms with Gasteiger partial charge in [-0.15, -0.1) is 0 Å². The second kappa shape index (κ2) is 4.48. The number of hydrogen-bond donors (Lipinski definition) is 3. The number of rotatable bonds is 2. The molecule has 4 N–H and O–H groups in total. The Bertz CT molecular complexity index is 258. The lowest BCUT2D eigenvalue weighted by Gasteiger charge is -2.02. The Labute approximate surface area is 70.7 Å². The fraction of sp³-hybridized carbons (Fsp3) is 0.125. The Morgan fingerprint density at radius 2 is 2.08 bits per heavy atom. The maximum absolute atomic E-state index is 8.67. The van der Waals surface area contributed by atoms with Gasteiger partial charge >= 0.3 is 0 Å². The quantitative estimate of drug-likeness (QED) is 0.336. The van der Waals surface area contributed by atoms with Crippen molar-refractivity contribution < 1.29 is 5.21 Å². The summed E-state index contributed by atoms with van der Waals surface area (Å²) >= 11 is 0. The van der Waals surface area contributed by atoms with E-state index in [1.165, 1.54) is 0 Å². The van der Waals surface area contributed by atoms with E-state index in [4.69, 9.17) is 10.9 Å². The second-order valence-electron chi connectivity index (χ2n) is 2.17. The van der Waals surface area contributed by atoms with Crippen molar-refractivity contribution in [1.29, 1.82) is 0 Å². The average molecular weight is 165 g/mol. The normalized spacial score (nSPS) is 11.3. The standard InChI is InChI=1S/C8H11N3O/c9-6-10-8(11-12)7-4-2-1-3-5-7/h1-5,12H,6,9H2,(H,10,11). The zero-order valence-corrected chi connectivity index (χ0v) is 6.57. The summed E-state index contributed by atoms with van der Waals surface area (Å²) in [6.45, 7) is 0.151. The van der Waals surface area contributed by atoms with E-state index in [0.717, 1.165) is 5.56 Å². The van der Waals surface area contributed by atoms with Gasteiger partial charge in [0, 0.05) is 5.56 Å². The topological polar surface area (TPSA) is 70.6 Å². The molecule has 0 spiro atoms. The van der Waals surface area contributed by atoms with Gasteiger partial charge in [-0.05, 0) is 0 Å². The molecule has 64 valence electrons. The van der Waals surface area contributed by atoms with Crippen LogP contribution in [0.2, 0.25) is 0 Å². The highest BCUT2D eigenvalue weighted by Crippen LogP contribution is 1.98. The smallest absolute Gasteiger partial charge is 0.153 e. The van der Waals surface area contributed by atoms with Crippen LogP contribution in [0.25, 0.3) is 0 Å². The molecule has 0 amide bonds. The van der Waals surface area contributed by atoms with E-state index in [1.54, 1.807) is 0 Å². The van der Waals surface area contributed by atoms with Crippen molar-refractivity contribution >= 4 is 5.84 Å². The minimum atomic E-state index is 0.151. The summed E-state index contributed by atoms with van der Waals surface area (Å²) in [5.41, 5.74) is 8.00. The van der Waals surface area contributed by atoms with Crippen molar-refractivity contribution in [2.75, 3.05) is 6.67 Å². The predicted molar refractivity (Wildman–Crippen MR) is 47.0 cm³/mol. The molecule has 1 aromatic rings. The fourth-order valence-corrected chi connectivity index (χ4v) is 0.879. The van der Waals surface area contributed by atoms with E-state index in [-0.39, 0.29) is 6.67 Å². The molecule has 0 atom stereocenters. The van der Waals surface area contributed by atoms with Crippen LogP contribution in [0, 0.1) is 0 Å². The summed E-state index contributed by atoms with van der Waals surface area (Å²) in [5.74, 6) is 0.387. The first-order valence-corrected chi connectivity index (χ1v) is 3.58. The van der Waals surface area contributed by atoms with Crippen LogP contribution in [-0.4, -0.2) is 17.7 Å². The number of nitrogens with two attached hydrogens (primary N) is 1. The van der Waals surface area contributed by atoms with Crippen LogP contribution in [0.15, 0.2) is 35.3 Å². The molecule has 0 heterocycles. The number of hydrogen-bond acceptors (Lipinski definition) is 3. The molecule has 0 radical (unpaired) electrons. The van der Waals surface area contributed by atoms with E-state index in [9.17, 15) is 0 Å². The summed E-state index contributed by atoms with van der Waals surface area (Å²) in [7, 11) is 0. The Kier molecular flexibility index (Phi) is 3.25. The van der Waals surface area contributed by atoms with E-state index in [0.29, 0.717) is 5.84 Å². The molecular formula is C8H11N3O. The van der Waals surface area contributed by atoms with Crippen molar-refractivity contribution in [3.05, 3.63) is 35.9 Å². The average Bonchev–Trinajstić information content (AvgIpc) is 2.15. The number of hydroxylamine groups is 1. The molecule has 12 heavy (non-hydrogen) atoms. The van der Waals surface area contributed by atoms with Crippen molar-refractivity contribution in [2.45, 2.75) is 0 Å². The van der Waals surface area contributed by atoms with Gasteiger partial charge in [0.15, 0.2) is 5.84 Å². The minimum Gasteiger partial charge on any atom is -0.312 e. The minimum absolute atomic E-state index is 0.151. The van der Waals surface area contributed by atoms with Crippen LogP contribution in [-0.2, 0) is 0 Å². The van der Waals surface area contributed by atoms with E-state index in [2.05, 4.69) is 4.99 Å². The molecular weight excluding hydrogens is 154 g/mol. The molecule has 0 fully saturated rings. The summed E-state index contributed by atoms with van der Waals surface area (Å²) in [5, 5.41) is 8.67. The number of nitrogens with zero attached hydrogens (tertiary/aromatic N) is 1. The van der Waals surface area contributed by atoms with Gasteiger partial charge in [0.2, 0.25) is 0 Å². The molecule has 4 nitrogen and oxygen atoms in total. The Hall–Kier alpha value is -1.39. The third-order valence-corrected chi connectivity index (χ3v) is 1.40. The van der Waals surface area contributed by atoms with Crippen LogP contribution in [0.1, 0.15) is 5.56 Å². The molecule has 1 aromatic carbocycles. The van der Waals surface area contributed by atoms with Crippen LogP contribution in [0.3, 0.4) is 0 Å². The molecule has 1 rings (SSSR count). The molecule has 0 aliphatic rings. The van der Waals surface area contributed by atoms with Crippen molar-refractivity contribution in [3.8, 4) is 0 Å². The fourth-order valence-electron chi connectivity index (χ4n) is 0.879. The lowest BCUT2D eigenvalue weighted by molar-refractivity contribution is 0.234. The highest BCUT2D eigenvalue weighted by Gasteiger charge is 1.97. The molecule has 0 bridgehead atoms. The maximum atomic E-state index is 8.67. The molecule has 0 saturated heterocycles. The number of amidine groups is 1. The van der Waals surface area contributed by atoms with Gasteiger partial charge in [-0.2, -0.15) is 0 Å². The Morgan fingerprint density at radius 3 is 2.58 bits per heavy atom. The van der Waals surface area contributed by atoms with E-state index in [1.807, 2.05) is 35.8 Å². The highest BCUT2D eigenvalue weighted by molar-refractivity contribution is 5.97. The third kappa shape index (κ3) is 2.05. The number of aliphatic imine (C=N–C) groups is 1. The lowest BCUT2D eigenvalue weighted by Crippen LogP contribution is -2.21. The molecule has 4 heteroatoms. The number of nitrogens with one attached hydrogen (secondary N) is 1. The summed E-state index contributed by atoms with van der Waals surface area (Å²) in [6.07, 6.45) is 0. The number of benzene rings is 1. The van der Waals surface area contributed by atoms with Gasteiger partial charge in [-0.3, -0.25) is 15.7 Å². The van der Waals surface area contributed by atoms with Gasteiger partial charge in [0.25, 0.3) is 0 Å². The molecule has 0 aromatic heterocycles. The van der Waals surface area contributed by atoms with Crippen LogP contribution < -0.4 is 11.2 Å². The van der Waals surface area contributed by atoms with Crippen LogP contribution >= 0.6 is 0 Å². The molecule has 0 aliphatic carbocycles. The van der Waals surface area contributed by atoms with E-state index >= 15 is 0 Å². The van der Waals surface area contributed by atoms with Gasteiger partial charge in [-0.25, -0.2) is 0 Å². The first-order chi connectivity index (χ1) is 5.88. The zero-order valence-electron chi connectivity index (χ0n) is 6.57. The monoisotopic (exact) mass is 165 g/mol. The first kappa shape index (κ1) is 8.70. The maximum Gasteiger partial charge on any atom is 0.153 e. The largest absolute Gasteiger partial charge is 0.312 e. The highest BCUT2D eigenvalue weighted by atomic mass is 16.5. The van der Waals surface area contributed by atoms with Crippen molar-refractivity contribution in [3.63, 3.8) is 0 Å². The van der Waals surface area contributed by atoms with Crippen molar-refractivity contribution in [1.82, 2.24) is 5.48 Å². The summed E-state index contributed by atoms with van der Waals surface area (Å²) < 4.78 is 0. The molecule has 0 unspecified atom stereocenters. The first-order valence-electron chi connectivity index (χ1n) is 3.58. The van der Waals surface area contributed by atoms with Gasteiger partial charge in [0.1, 0.15) is 0 Å². The second-order valence-corrected chi connectivity index (χ2v) is 2.17. The Balaban J connectivity index is 2.88. The Morgan fingerprint density at radius 1 is 1.42 bits per heavy atom. The van der Waals surface area contributed by atoms with Gasteiger partial charge < -0.3 is 5.73 Å². The van der Waals surface area contributed by atoms with Gasteiger partial charge in [0.05, 0.1) is 6.67 Å².